The highest BCUT2D eigenvalue weighted by Gasteiger charge is 2.35. The van der Waals surface area contributed by atoms with E-state index in [9.17, 15) is 0 Å². The lowest BCUT2D eigenvalue weighted by atomic mass is 9.93. The van der Waals surface area contributed by atoms with Crippen LogP contribution in [-0.2, 0) is 0 Å². The summed E-state index contributed by atoms with van der Waals surface area (Å²) in [6, 6.07) is 94.6. The van der Waals surface area contributed by atoms with Gasteiger partial charge in [-0.05, 0) is 53.6 Å². The minimum atomic E-state index is 0.464. The van der Waals surface area contributed by atoms with E-state index in [2.05, 4.69) is 125 Å². The van der Waals surface area contributed by atoms with E-state index in [1.807, 2.05) is 164 Å². The molecule has 0 bridgehead atoms. The van der Waals surface area contributed by atoms with Crippen molar-refractivity contribution >= 4 is 34.4 Å². The van der Waals surface area contributed by atoms with Crippen LogP contribution in [0.3, 0.4) is 0 Å². The van der Waals surface area contributed by atoms with Crippen molar-refractivity contribution in [1.29, 1.82) is 0 Å². The van der Waals surface area contributed by atoms with Crippen LogP contribution >= 0.6 is 0 Å². The largest absolute Gasteiger partial charge is 0.306 e. The number of para-hydroxylation sites is 4. The van der Waals surface area contributed by atoms with Crippen LogP contribution < -0.4 is 9.80 Å². The molecule has 13 aromatic rings. The fourth-order valence-corrected chi connectivity index (χ4v) is 10.3. The van der Waals surface area contributed by atoms with Crippen molar-refractivity contribution in [3.8, 4) is 102 Å². The van der Waals surface area contributed by atoms with Crippen LogP contribution in [0.4, 0.5) is 34.4 Å². The molecule has 0 amide bonds. The number of fused-ring (bicyclic) bond motifs is 2. The molecule has 0 fully saturated rings. The fourth-order valence-electron chi connectivity index (χ4n) is 10.3. The first-order valence-corrected chi connectivity index (χ1v) is 26.4. The maximum absolute atomic E-state index is 5.46. The van der Waals surface area contributed by atoms with Gasteiger partial charge in [-0.1, -0.05) is 237 Å². The van der Waals surface area contributed by atoms with Gasteiger partial charge in [-0.3, -0.25) is 4.90 Å². The molecule has 10 heteroatoms. The maximum Gasteiger partial charge on any atom is 0.238 e. The Morgan fingerprint density at radius 1 is 0.188 bits per heavy atom. The monoisotopic (exact) mass is 1030 g/mol. The third-order valence-corrected chi connectivity index (χ3v) is 14.1. The van der Waals surface area contributed by atoms with Gasteiger partial charge in [0, 0.05) is 44.5 Å². The first-order chi connectivity index (χ1) is 39.7. The molecule has 0 unspecified atom stereocenters. The van der Waals surface area contributed by atoms with Gasteiger partial charge in [0.25, 0.3) is 0 Å². The van der Waals surface area contributed by atoms with Gasteiger partial charge < -0.3 is 4.90 Å². The molecule has 10 aromatic carbocycles. The molecule has 376 valence electrons. The number of anilines is 6. The third kappa shape index (κ3) is 9.08. The molecule has 0 N–H and O–H groups in total. The predicted molar refractivity (Wildman–Crippen MR) is 321 cm³/mol. The Hall–Kier alpha value is -11.1. The highest BCUT2D eigenvalue weighted by Crippen LogP contribution is 2.56. The summed E-state index contributed by atoms with van der Waals surface area (Å²) in [6.45, 7) is 0. The molecule has 1 aliphatic heterocycles. The van der Waals surface area contributed by atoms with Gasteiger partial charge in [-0.15, -0.1) is 0 Å². The summed E-state index contributed by atoms with van der Waals surface area (Å²) in [4.78, 5) is 47.1. The van der Waals surface area contributed by atoms with Crippen molar-refractivity contribution < 1.29 is 0 Å². The zero-order valence-corrected chi connectivity index (χ0v) is 43.0. The summed E-state index contributed by atoms with van der Waals surface area (Å²) < 4.78 is 0. The molecule has 1 aliphatic rings. The third-order valence-electron chi connectivity index (χ3n) is 14.1. The van der Waals surface area contributed by atoms with E-state index in [1.165, 1.54) is 0 Å². The molecule has 0 radical (unpaired) electrons. The van der Waals surface area contributed by atoms with Crippen LogP contribution in [0.25, 0.3) is 102 Å². The summed E-state index contributed by atoms with van der Waals surface area (Å²) in [5, 5.41) is 0. The Morgan fingerprint density at radius 2 is 0.487 bits per heavy atom. The number of rotatable bonds is 11. The Bertz CT molecular complexity index is 4120. The molecule has 14 rings (SSSR count). The standard InChI is InChI=1S/C70H46N10/c1-8-26-47(27-9-1)54-45-63(79-59-40-22-24-42-61(59)80(62-43-25-23-41-60(62)79)70-77-66(52-36-18-6-19-37-52)74-67(78-70)53-38-20-7-21-39-53)56(69-75-64(50-32-14-4-15-33-50)73-65(76-69)51-34-16-5-17-35-51)44-55(54)68-71-57(48-28-10-2-11-29-48)46-58(72-68)49-30-12-3-13-31-49/h1-46H. The average Bonchev–Trinajstić information content (AvgIpc) is 3.68. The van der Waals surface area contributed by atoms with E-state index >= 15 is 0 Å². The molecule has 4 heterocycles. The van der Waals surface area contributed by atoms with Crippen LogP contribution in [-0.4, -0.2) is 39.9 Å². The summed E-state index contributed by atoms with van der Waals surface area (Å²) in [5.41, 5.74) is 14.6. The van der Waals surface area contributed by atoms with Gasteiger partial charge in [0.15, 0.2) is 34.9 Å². The zero-order chi connectivity index (χ0) is 53.2. The van der Waals surface area contributed by atoms with Crippen LogP contribution in [0.2, 0.25) is 0 Å². The van der Waals surface area contributed by atoms with Crippen LogP contribution in [0, 0.1) is 0 Å². The highest BCUT2D eigenvalue weighted by atomic mass is 15.3. The van der Waals surface area contributed by atoms with Crippen LogP contribution in [0.5, 0.6) is 0 Å². The first kappa shape index (κ1) is 47.4. The fraction of sp³-hybridized carbons (Fsp3) is 0. The second-order valence-corrected chi connectivity index (χ2v) is 19.2. The SMILES string of the molecule is c1ccc(-c2cc(-c3ccccc3)nc(-c3cc(-c4nc(-c5ccccc5)nc(-c5ccccc5)n4)c(N4c5ccccc5N(c5nc(-c6ccccc6)nc(-c6ccccc6)n5)c5ccccc54)cc3-c3ccccc3)n2)cc1. The molecule has 10 nitrogen and oxygen atoms in total. The Morgan fingerprint density at radius 3 is 0.875 bits per heavy atom. The van der Waals surface area contributed by atoms with E-state index in [1.54, 1.807) is 0 Å². The molecule has 0 saturated heterocycles. The van der Waals surface area contributed by atoms with Gasteiger partial charge in [-0.2, -0.15) is 9.97 Å². The van der Waals surface area contributed by atoms with E-state index in [-0.39, 0.29) is 0 Å². The number of nitrogens with zero attached hydrogens (tertiary/aromatic N) is 10. The summed E-state index contributed by atoms with van der Waals surface area (Å²) in [6.07, 6.45) is 0. The molecule has 0 atom stereocenters. The summed E-state index contributed by atoms with van der Waals surface area (Å²) >= 11 is 0. The van der Waals surface area contributed by atoms with Crippen molar-refractivity contribution in [3.63, 3.8) is 0 Å². The first-order valence-electron chi connectivity index (χ1n) is 26.4. The van der Waals surface area contributed by atoms with Crippen molar-refractivity contribution in [2.75, 3.05) is 9.80 Å². The summed E-state index contributed by atoms with van der Waals surface area (Å²) in [5.74, 6) is 3.67. The van der Waals surface area contributed by atoms with Crippen LogP contribution in [0.15, 0.2) is 279 Å². The van der Waals surface area contributed by atoms with Crippen molar-refractivity contribution in [2.24, 2.45) is 0 Å². The predicted octanol–water partition coefficient (Wildman–Crippen LogP) is 17.1. The van der Waals surface area contributed by atoms with Crippen molar-refractivity contribution in [2.45, 2.75) is 0 Å². The minimum absolute atomic E-state index is 0.464. The number of benzene rings is 10. The number of hydrogen-bond donors (Lipinski definition) is 0. The molecule has 80 heavy (non-hydrogen) atoms. The van der Waals surface area contributed by atoms with E-state index < -0.39 is 0 Å². The Labute approximate surface area is 462 Å². The van der Waals surface area contributed by atoms with E-state index in [0.29, 0.717) is 40.9 Å². The molecule has 0 saturated carbocycles. The second-order valence-electron chi connectivity index (χ2n) is 19.2. The lowest BCUT2D eigenvalue weighted by Gasteiger charge is -2.40. The molecule has 0 spiro atoms. The topological polar surface area (TPSA) is 110 Å². The molecular formula is C70H46N10. The normalized spacial score (nSPS) is 11.7. The molecule has 0 aliphatic carbocycles. The Balaban J connectivity index is 1.07. The van der Waals surface area contributed by atoms with Gasteiger partial charge in [0.2, 0.25) is 5.95 Å². The number of aromatic nitrogens is 8. The lowest BCUT2D eigenvalue weighted by Crippen LogP contribution is -2.26. The van der Waals surface area contributed by atoms with Crippen LogP contribution in [0.1, 0.15) is 0 Å². The summed E-state index contributed by atoms with van der Waals surface area (Å²) in [7, 11) is 0. The van der Waals surface area contributed by atoms with Gasteiger partial charge >= 0.3 is 0 Å². The quantitative estimate of drug-likeness (QED) is 0.124. The number of hydrogen-bond acceptors (Lipinski definition) is 10. The smallest absolute Gasteiger partial charge is 0.238 e. The van der Waals surface area contributed by atoms with Crippen molar-refractivity contribution in [3.05, 3.63) is 279 Å². The highest BCUT2D eigenvalue weighted by molar-refractivity contribution is 6.05. The average molecular weight is 1030 g/mol. The van der Waals surface area contributed by atoms with Gasteiger partial charge in [-0.25, -0.2) is 29.9 Å². The maximum atomic E-state index is 5.46. The lowest BCUT2D eigenvalue weighted by molar-refractivity contribution is 1.01. The Kier molecular flexibility index (Phi) is 12.3. The molecule has 3 aromatic heterocycles. The molecular weight excluding hydrogens is 981 g/mol. The van der Waals surface area contributed by atoms with Crippen molar-refractivity contribution in [1.82, 2.24) is 39.9 Å². The minimum Gasteiger partial charge on any atom is -0.306 e. The van der Waals surface area contributed by atoms with Gasteiger partial charge in [0.05, 0.1) is 39.8 Å². The van der Waals surface area contributed by atoms with E-state index in [4.69, 9.17) is 39.9 Å². The van der Waals surface area contributed by atoms with E-state index in [0.717, 1.165) is 95.5 Å². The van der Waals surface area contributed by atoms with Gasteiger partial charge in [0.1, 0.15) is 0 Å². The zero-order valence-electron chi connectivity index (χ0n) is 43.0. The second kappa shape index (κ2) is 20.8.